The van der Waals surface area contributed by atoms with Crippen LogP contribution in [0.15, 0.2) is 24.7 Å². The van der Waals surface area contributed by atoms with Crippen molar-refractivity contribution >= 4 is 53.8 Å². The van der Waals surface area contributed by atoms with Crippen LogP contribution >= 0.6 is 30.3 Å². The molecule has 0 atom stereocenters. The Hall–Kier alpha value is -0.245. The highest BCUT2D eigenvalue weighted by atomic mass is 127. The molecule has 0 unspecified atom stereocenters. The van der Waals surface area contributed by atoms with Crippen molar-refractivity contribution in [2.75, 3.05) is 0 Å². The molecule has 3 rings (SSSR count). The average molecular weight is 402 g/mol. The summed E-state index contributed by atoms with van der Waals surface area (Å²) in [5.74, 6) is 0. The van der Waals surface area contributed by atoms with Gasteiger partial charge in [0.05, 0.1) is 22.9 Å². The van der Waals surface area contributed by atoms with Gasteiger partial charge in [0.15, 0.2) is 0 Å². The lowest BCUT2D eigenvalue weighted by Gasteiger charge is -2.32. The Labute approximate surface area is 135 Å². The van der Waals surface area contributed by atoms with Gasteiger partial charge in [0, 0.05) is 53.6 Å². The predicted octanol–water partition coefficient (Wildman–Crippen LogP) is 3.18. The van der Waals surface area contributed by atoms with E-state index in [4.69, 9.17) is 9.31 Å². The number of nitrogens with zero attached hydrogens (tertiary/aromatic N) is 2. The standard InChI is InChI=1S/C13H16BIN2O2S/c1-12(2)13(3,4)19-14(18-12)10-8-17(20-15)11-7-16-6-5-9(10)11/h5-8H,1-4H3. The van der Waals surface area contributed by atoms with Crippen molar-refractivity contribution in [3.63, 3.8) is 0 Å². The molecule has 1 aliphatic rings. The monoisotopic (exact) mass is 402 g/mol. The van der Waals surface area contributed by atoms with Crippen LogP contribution in [0.5, 0.6) is 0 Å². The first-order valence-electron chi connectivity index (χ1n) is 6.45. The third kappa shape index (κ3) is 2.19. The third-order valence-electron chi connectivity index (χ3n) is 4.19. The summed E-state index contributed by atoms with van der Waals surface area (Å²) in [4.78, 5) is 4.20. The smallest absolute Gasteiger partial charge is 0.399 e. The fraction of sp³-hybridized carbons (Fsp3) is 0.462. The minimum atomic E-state index is -0.338. The molecule has 0 amide bonds. The van der Waals surface area contributed by atoms with Gasteiger partial charge < -0.3 is 9.31 Å². The molecule has 0 N–H and O–H groups in total. The summed E-state index contributed by atoms with van der Waals surface area (Å²) in [6, 6.07) is 2.01. The van der Waals surface area contributed by atoms with E-state index in [-0.39, 0.29) is 18.3 Å². The molecular weight excluding hydrogens is 386 g/mol. The molecule has 1 aliphatic heterocycles. The summed E-state index contributed by atoms with van der Waals surface area (Å²) in [6.07, 6.45) is 5.75. The molecule has 0 bridgehead atoms. The molecular formula is C13H16BIN2O2S. The van der Waals surface area contributed by atoms with Gasteiger partial charge in [-0.1, -0.05) is 0 Å². The molecule has 3 heterocycles. The largest absolute Gasteiger partial charge is 0.497 e. The van der Waals surface area contributed by atoms with Crippen molar-refractivity contribution in [3.05, 3.63) is 24.7 Å². The van der Waals surface area contributed by atoms with E-state index in [0.29, 0.717) is 0 Å². The number of fused-ring (bicyclic) bond motifs is 1. The van der Waals surface area contributed by atoms with Crippen molar-refractivity contribution in [2.45, 2.75) is 38.9 Å². The zero-order valence-corrected chi connectivity index (χ0v) is 14.9. The molecule has 0 saturated carbocycles. The number of halogens is 1. The molecule has 1 fully saturated rings. The fourth-order valence-corrected chi connectivity index (χ4v) is 3.64. The van der Waals surface area contributed by atoms with E-state index >= 15 is 0 Å². The fourth-order valence-electron chi connectivity index (χ4n) is 2.29. The van der Waals surface area contributed by atoms with Gasteiger partial charge >= 0.3 is 7.12 Å². The molecule has 4 nitrogen and oxygen atoms in total. The van der Waals surface area contributed by atoms with E-state index in [2.05, 4.69) is 64.1 Å². The number of hydrogen-bond acceptors (Lipinski definition) is 4. The Morgan fingerprint density at radius 1 is 1.25 bits per heavy atom. The molecule has 0 aliphatic carbocycles. The highest BCUT2D eigenvalue weighted by molar-refractivity contribution is 14.2. The zero-order chi connectivity index (χ0) is 14.5. The van der Waals surface area contributed by atoms with Crippen molar-refractivity contribution < 1.29 is 9.31 Å². The molecule has 1 saturated heterocycles. The second-order valence-electron chi connectivity index (χ2n) is 5.96. The Morgan fingerprint density at radius 2 is 1.90 bits per heavy atom. The third-order valence-corrected chi connectivity index (χ3v) is 5.91. The van der Waals surface area contributed by atoms with Crippen LogP contribution in [-0.4, -0.2) is 27.3 Å². The highest BCUT2D eigenvalue weighted by Gasteiger charge is 2.52. The molecule has 2 aromatic heterocycles. The predicted molar refractivity (Wildman–Crippen MR) is 92.5 cm³/mol. The van der Waals surface area contributed by atoms with Gasteiger partial charge in [0.25, 0.3) is 0 Å². The van der Waals surface area contributed by atoms with E-state index in [9.17, 15) is 0 Å². The van der Waals surface area contributed by atoms with Gasteiger partial charge in [0.1, 0.15) is 0 Å². The second kappa shape index (κ2) is 4.89. The van der Waals surface area contributed by atoms with Crippen LogP contribution in [0.2, 0.25) is 0 Å². The molecule has 0 aromatic carbocycles. The maximum absolute atomic E-state index is 6.15. The van der Waals surface area contributed by atoms with Gasteiger partial charge in [-0.25, -0.2) is 0 Å². The lowest BCUT2D eigenvalue weighted by molar-refractivity contribution is 0.00578. The number of aromatic nitrogens is 2. The Balaban J connectivity index is 2.08. The van der Waals surface area contributed by atoms with Crippen molar-refractivity contribution in [3.8, 4) is 0 Å². The van der Waals surface area contributed by atoms with Crippen LogP contribution in [0.25, 0.3) is 10.9 Å². The molecule has 20 heavy (non-hydrogen) atoms. The Bertz CT molecular complexity index is 643. The van der Waals surface area contributed by atoms with Crippen LogP contribution in [-0.2, 0) is 9.31 Å². The van der Waals surface area contributed by atoms with Crippen LogP contribution in [0, 0.1) is 0 Å². The molecule has 2 aromatic rings. The quantitative estimate of drug-likeness (QED) is 0.572. The van der Waals surface area contributed by atoms with Crippen molar-refractivity contribution in [1.29, 1.82) is 0 Å². The van der Waals surface area contributed by atoms with Crippen molar-refractivity contribution in [2.24, 2.45) is 0 Å². The topological polar surface area (TPSA) is 36.3 Å². The lowest BCUT2D eigenvalue weighted by Crippen LogP contribution is -2.41. The van der Waals surface area contributed by atoms with E-state index in [1.807, 2.05) is 12.3 Å². The normalized spacial score (nSPS) is 20.8. The van der Waals surface area contributed by atoms with Crippen LogP contribution < -0.4 is 5.46 Å². The number of hydrogen-bond donors (Lipinski definition) is 0. The SMILES string of the molecule is CC1(C)OB(c2cn(SI)c3cnccc23)OC1(C)C. The summed E-state index contributed by atoms with van der Waals surface area (Å²) < 4.78 is 14.4. The minimum absolute atomic E-state index is 0.323. The zero-order valence-electron chi connectivity index (χ0n) is 11.9. The van der Waals surface area contributed by atoms with Gasteiger partial charge in [-0.15, -0.1) is 0 Å². The Kier molecular flexibility index (Phi) is 3.59. The second-order valence-corrected chi connectivity index (χ2v) is 7.67. The van der Waals surface area contributed by atoms with Crippen LogP contribution in [0.1, 0.15) is 27.7 Å². The first kappa shape index (κ1) is 14.7. The first-order valence-corrected chi connectivity index (χ1v) is 9.77. The maximum atomic E-state index is 6.15. The summed E-state index contributed by atoms with van der Waals surface area (Å²) >= 11 is 2.26. The van der Waals surface area contributed by atoms with E-state index < -0.39 is 0 Å². The molecule has 0 radical (unpaired) electrons. The summed E-state index contributed by atoms with van der Waals surface area (Å²) in [6.45, 7) is 8.28. The minimum Gasteiger partial charge on any atom is -0.399 e. The van der Waals surface area contributed by atoms with Gasteiger partial charge in [-0.2, -0.15) is 0 Å². The van der Waals surface area contributed by atoms with E-state index in [1.54, 1.807) is 15.3 Å². The molecule has 106 valence electrons. The van der Waals surface area contributed by atoms with Crippen LogP contribution in [0.4, 0.5) is 0 Å². The van der Waals surface area contributed by atoms with Gasteiger partial charge in [-0.05, 0) is 33.8 Å². The summed E-state index contributed by atoms with van der Waals surface area (Å²) in [5.41, 5.74) is 1.49. The first-order chi connectivity index (χ1) is 9.36. The van der Waals surface area contributed by atoms with Gasteiger partial charge in [0.2, 0.25) is 0 Å². The average Bonchev–Trinajstić information content (AvgIpc) is 2.85. The van der Waals surface area contributed by atoms with E-state index in [1.165, 1.54) is 0 Å². The Morgan fingerprint density at radius 3 is 2.50 bits per heavy atom. The van der Waals surface area contributed by atoms with Crippen LogP contribution in [0.3, 0.4) is 0 Å². The molecule has 7 heteroatoms. The summed E-state index contributed by atoms with van der Waals surface area (Å²) in [5, 5.41) is 1.13. The van der Waals surface area contributed by atoms with Crippen molar-refractivity contribution in [1.82, 2.24) is 8.96 Å². The maximum Gasteiger partial charge on any atom is 0.497 e. The number of rotatable bonds is 2. The summed E-state index contributed by atoms with van der Waals surface area (Å²) in [7, 11) is 1.28. The molecule has 0 spiro atoms. The van der Waals surface area contributed by atoms with E-state index in [0.717, 1.165) is 16.4 Å². The number of pyridine rings is 1. The lowest BCUT2D eigenvalue weighted by atomic mass is 9.79. The highest BCUT2D eigenvalue weighted by Crippen LogP contribution is 2.37. The van der Waals surface area contributed by atoms with Gasteiger partial charge in [-0.3, -0.25) is 8.96 Å².